The third-order valence-corrected chi connectivity index (χ3v) is 6.03. The summed E-state index contributed by atoms with van der Waals surface area (Å²) in [4.78, 5) is 8.64. The Kier molecular flexibility index (Phi) is 3.68. The Morgan fingerprint density at radius 2 is 2.04 bits per heavy atom. The highest BCUT2D eigenvalue weighted by Gasteiger charge is 2.19. The number of thiazole rings is 1. The number of benzene rings is 1. The van der Waals surface area contributed by atoms with Crippen molar-refractivity contribution < 1.29 is 4.74 Å². The van der Waals surface area contributed by atoms with Gasteiger partial charge in [-0.05, 0) is 43.6 Å². The molecular weight excluding hydrogens is 348 g/mol. The maximum Gasteiger partial charge on any atom is 0.194 e. The van der Waals surface area contributed by atoms with Gasteiger partial charge in [0.25, 0.3) is 0 Å². The summed E-state index contributed by atoms with van der Waals surface area (Å²) < 4.78 is 7.66. The molecule has 0 bridgehead atoms. The summed E-state index contributed by atoms with van der Waals surface area (Å²) in [5.74, 6) is 1.31. The molecule has 4 heterocycles. The van der Waals surface area contributed by atoms with Crippen molar-refractivity contribution in [2.45, 2.75) is 18.8 Å². The summed E-state index contributed by atoms with van der Waals surface area (Å²) in [6.07, 6.45) is 6.66. The van der Waals surface area contributed by atoms with Gasteiger partial charge in [0, 0.05) is 25.4 Å². The molecule has 8 heteroatoms. The molecule has 7 nitrogen and oxygen atoms in total. The molecule has 0 atom stereocenters. The fourth-order valence-electron chi connectivity index (χ4n) is 3.65. The molecule has 1 aliphatic heterocycles. The average Bonchev–Trinajstić information content (AvgIpc) is 3.33. The molecule has 26 heavy (non-hydrogen) atoms. The van der Waals surface area contributed by atoms with Crippen LogP contribution in [0.25, 0.3) is 26.4 Å². The second-order valence-corrected chi connectivity index (χ2v) is 7.72. The number of fused-ring (bicyclic) bond motifs is 2. The predicted molar refractivity (Wildman–Crippen MR) is 102 cm³/mol. The van der Waals surface area contributed by atoms with Crippen LogP contribution in [0.5, 0.6) is 5.75 Å². The van der Waals surface area contributed by atoms with Crippen LogP contribution in [-0.2, 0) is 7.05 Å². The standard InChI is InChI=1S/C18H20N6OS/c1-23-21-13-7-12(8-15(25-2)17(13)22-23)16-10-24-9-14(20-18(24)26-16)11-3-5-19-6-4-11/h7-11,19H,3-6H2,1-2H3. The van der Waals surface area contributed by atoms with Crippen molar-refractivity contribution in [1.29, 1.82) is 0 Å². The first kappa shape index (κ1) is 15.8. The van der Waals surface area contributed by atoms with Gasteiger partial charge in [-0.15, -0.1) is 5.10 Å². The first-order chi connectivity index (χ1) is 12.7. The average molecular weight is 368 g/mol. The van der Waals surface area contributed by atoms with Gasteiger partial charge in [-0.25, -0.2) is 4.98 Å². The molecular formula is C18H20N6OS. The van der Waals surface area contributed by atoms with E-state index in [1.807, 2.05) is 13.1 Å². The van der Waals surface area contributed by atoms with Gasteiger partial charge >= 0.3 is 0 Å². The fraction of sp³-hybridized carbons (Fsp3) is 0.389. The number of nitrogens with zero attached hydrogens (tertiary/aromatic N) is 5. The molecule has 5 rings (SSSR count). The molecule has 1 aromatic carbocycles. The number of hydrogen-bond acceptors (Lipinski definition) is 6. The van der Waals surface area contributed by atoms with Crippen LogP contribution in [0.15, 0.2) is 24.5 Å². The van der Waals surface area contributed by atoms with Crippen molar-refractivity contribution in [2.24, 2.45) is 7.05 Å². The molecule has 1 fully saturated rings. The predicted octanol–water partition coefficient (Wildman–Crippen LogP) is 2.82. The molecule has 0 aliphatic carbocycles. The van der Waals surface area contributed by atoms with E-state index in [0.29, 0.717) is 5.92 Å². The zero-order chi connectivity index (χ0) is 17.7. The summed E-state index contributed by atoms with van der Waals surface area (Å²) >= 11 is 1.70. The number of aryl methyl sites for hydroxylation is 1. The van der Waals surface area contributed by atoms with Crippen LogP contribution in [-0.4, -0.2) is 44.6 Å². The molecule has 1 aliphatic rings. The zero-order valence-corrected chi connectivity index (χ0v) is 15.6. The van der Waals surface area contributed by atoms with E-state index in [1.165, 1.54) is 5.69 Å². The second kappa shape index (κ2) is 6.07. The minimum atomic E-state index is 0.572. The van der Waals surface area contributed by atoms with Gasteiger partial charge in [0.1, 0.15) is 11.3 Å². The Morgan fingerprint density at radius 1 is 1.19 bits per heavy atom. The highest BCUT2D eigenvalue weighted by molar-refractivity contribution is 7.20. The van der Waals surface area contributed by atoms with E-state index in [1.54, 1.807) is 23.2 Å². The lowest BCUT2D eigenvalue weighted by Crippen LogP contribution is -2.26. The van der Waals surface area contributed by atoms with Gasteiger partial charge < -0.3 is 10.1 Å². The Balaban J connectivity index is 1.54. The van der Waals surface area contributed by atoms with Gasteiger partial charge in [-0.1, -0.05) is 11.3 Å². The molecule has 134 valence electrons. The second-order valence-electron chi connectivity index (χ2n) is 6.71. The molecule has 0 radical (unpaired) electrons. The van der Waals surface area contributed by atoms with E-state index in [0.717, 1.165) is 58.1 Å². The van der Waals surface area contributed by atoms with E-state index >= 15 is 0 Å². The van der Waals surface area contributed by atoms with Crippen molar-refractivity contribution in [3.05, 3.63) is 30.2 Å². The van der Waals surface area contributed by atoms with E-state index in [9.17, 15) is 0 Å². The summed E-state index contributed by atoms with van der Waals surface area (Å²) in [6, 6.07) is 4.08. The normalized spacial score (nSPS) is 15.9. The van der Waals surface area contributed by atoms with Crippen LogP contribution in [0, 0.1) is 0 Å². The molecule has 0 saturated carbocycles. The van der Waals surface area contributed by atoms with Crippen molar-refractivity contribution >= 4 is 27.3 Å². The highest BCUT2D eigenvalue weighted by Crippen LogP contribution is 2.35. The maximum absolute atomic E-state index is 5.52. The third-order valence-electron chi connectivity index (χ3n) is 4.99. The van der Waals surface area contributed by atoms with Crippen LogP contribution < -0.4 is 10.1 Å². The van der Waals surface area contributed by atoms with Crippen LogP contribution in [0.1, 0.15) is 24.5 Å². The van der Waals surface area contributed by atoms with Crippen LogP contribution in [0.2, 0.25) is 0 Å². The number of aromatic nitrogens is 5. The van der Waals surface area contributed by atoms with Gasteiger partial charge in [-0.2, -0.15) is 9.90 Å². The lowest BCUT2D eigenvalue weighted by Gasteiger charge is -2.20. The molecule has 3 aromatic heterocycles. The largest absolute Gasteiger partial charge is 0.494 e. The van der Waals surface area contributed by atoms with Crippen molar-refractivity contribution in [1.82, 2.24) is 29.7 Å². The van der Waals surface area contributed by atoms with E-state index in [2.05, 4.69) is 38.4 Å². The van der Waals surface area contributed by atoms with E-state index in [-0.39, 0.29) is 0 Å². The lowest BCUT2D eigenvalue weighted by atomic mass is 9.95. The Hall–Kier alpha value is -2.45. The summed E-state index contributed by atoms with van der Waals surface area (Å²) in [5, 5.41) is 12.2. The molecule has 1 saturated heterocycles. The van der Waals surface area contributed by atoms with Crippen molar-refractivity contribution in [3.8, 4) is 16.2 Å². The van der Waals surface area contributed by atoms with Crippen LogP contribution in [0.3, 0.4) is 0 Å². The number of hydrogen-bond donors (Lipinski definition) is 1. The first-order valence-corrected chi connectivity index (χ1v) is 9.61. The topological polar surface area (TPSA) is 69.3 Å². The fourth-order valence-corrected chi connectivity index (χ4v) is 4.61. The Labute approximate surface area is 154 Å². The van der Waals surface area contributed by atoms with Gasteiger partial charge in [0.05, 0.1) is 17.7 Å². The van der Waals surface area contributed by atoms with Crippen molar-refractivity contribution in [3.63, 3.8) is 0 Å². The summed E-state index contributed by atoms with van der Waals surface area (Å²) in [7, 11) is 3.49. The number of ether oxygens (including phenoxy) is 1. The zero-order valence-electron chi connectivity index (χ0n) is 14.8. The Morgan fingerprint density at radius 3 is 2.81 bits per heavy atom. The summed E-state index contributed by atoms with van der Waals surface area (Å²) in [5.41, 5.74) is 3.91. The quantitative estimate of drug-likeness (QED) is 0.602. The summed E-state index contributed by atoms with van der Waals surface area (Å²) in [6.45, 7) is 2.16. The molecule has 0 amide bonds. The smallest absolute Gasteiger partial charge is 0.194 e. The molecule has 0 unspecified atom stereocenters. The van der Waals surface area contributed by atoms with Gasteiger partial charge in [-0.3, -0.25) is 4.40 Å². The maximum atomic E-state index is 5.52. The van der Waals surface area contributed by atoms with Gasteiger partial charge in [0.2, 0.25) is 0 Å². The Bertz CT molecular complexity index is 1060. The number of methoxy groups -OCH3 is 1. The SMILES string of the molecule is COc1cc(-c2cn3cc(C4CCNCC4)nc3s2)cc2nn(C)nc12. The van der Waals surface area contributed by atoms with Crippen molar-refractivity contribution in [2.75, 3.05) is 20.2 Å². The molecule has 4 aromatic rings. The third kappa shape index (κ3) is 2.57. The number of rotatable bonds is 3. The first-order valence-electron chi connectivity index (χ1n) is 8.80. The minimum Gasteiger partial charge on any atom is -0.494 e. The minimum absolute atomic E-state index is 0.572. The van der Waals surface area contributed by atoms with E-state index < -0.39 is 0 Å². The molecule has 1 N–H and O–H groups in total. The number of piperidine rings is 1. The number of nitrogens with one attached hydrogen (secondary N) is 1. The van der Waals surface area contributed by atoms with Crippen LogP contribution >= 0.6 is 11.3 Å². The monoisotopic (exact) mass is 368 g/mol. The van der Waals surface area contributed by atoms with Crippen LogP contribution in [0.4, 0.5) is 0 Å². The van der Waals surface area contributed by atoms with E-state index in [4.69, 9.17) is 9.72 Å². The van der Waals surface area contributed by atoms with Gasteiger partial charge in [0.15, 0.2) is 10.5 Å². The highest BCUT2D eigenvalue weighted by atomic mass is 32.1. The lowest BCUT2D eigenvalue weighted by molar-refractivity contribution is 0.418. The molecule has 0 spiro atoms. The number of imidazole rings is 1.